The third-order valence-corrected chi connectivity index (χ3v) is 6.55. The first-order valence-corrected chi connectivity index (χ1v) is 10.7. The van der Waals surface area contributed by atoms with E-state index in [4.69, 9.17) is 4.98 Å². The van der Waals surface area contributed by atoms with Crippen molar-refractivity contribution in [1.29, 1.82) is 5.26 Å². The van der Waals surface area contributed by atoms with E-state index in [1.165, 1.54) is 0 Å². The average Bonchev–Trinajstić information content (AvgIpc) is 3.49. The summed E-state index contributed by atoms with van der Waals surface area (Å²) in [7, 11) is 0. The zero-order valence-electron chi connectivity index (χ0n) is 16.3. The van der Waals surface area contributed by atoms with Crippen LogP contribution in [0.2, 0.25) is 0 Å². The van der Waals surface area contributed by atoms with Gasteiger partial charge in [-0.3, -0.25) is 4.68 Å². The number of hydrogen-bond donors (Lipinski definition) is 3. The van der Waals surface area contributed by atoms with Gasteiger partial charge in [0.1, 0.15) is 5.54 Å². The summed E-state index contributed by atoms with van der Waals surface area (Å²) >= 11 is 1.60. The van der Waals surface area contributed by atoms with Crippen LogP contribution >= 0.6 is 11.3 Å². The molecule has 10 heteroatoms. The topological polar surface area (TPSA) is 120 Å². The maximum absolute atomic E-state index is 9.24. The summed E-state index contributed by atoms with van der Waals surface area (Å²) in [6, 6.07) is 10.2. The van der Waals surface area contributed by atoms with Crippen molar-refractivity contribution in [1.82, 2.24) is 35.0 Å². The minimum Gasteiger partial charge on any atom is -0.345 e. The normalized spacial score (nSPS) is 15.1. The van der Waals surface area contributed by atoms with E-state index in [0.29, 0.717) is 12.4 Å². The number of nitriles is 1. The highest BCUT2D eigenvalue weighted by Gasteiger charge is 2.39. The first kappa shape index (κ1) is 18.0. The van der Waals surface area contributed by atoms with Crippen LogP contribution in [0.5, 0.6) is 0 Å². The zero-order valence-corrected chi connectivity index (χ0v) is 17.1. The molecule has 1 aliphatic heterocycles. The molecule has 152 valence electrons. The van der Waals surface area contributed by atoms with E-state index in [0.717, 1.165) is 51.3 Å². The molecular formula is C21H17N9S. The van der Waals surface area contributed by atoms with Crippen molar-refractivity contribution in [3.8, 4) is 17.3 Å². The number of H-pyrrole nitrogens is 1. The van der Waals surface area contributed by atoms with Gasteiger partial charge in [0.2, 0.25) is 5.95 Å². The number of anilines is 2. The largest absolute Gasteiger partial charge is 0.345 e. The second kappa shape index (κ2) is 6.87. The van der Waals surface area contributed by atoms with Gasteiger partial charge in [0, 0.05) is 30.5 Å². The molecule has 1 aliphatic rings. The molecule has 0 saturated carbocycles. The van der Waals surface area contributed by atoms with E-state index >= 15 is 0 Å². The van der Waals surface area contributed by atoms with Crippen molar-refractivity contribution >= 4 is 44.2 Å². The predicted octanol–water partition coefficient (Wildman–Crippen LogP) is 3.39. The van der Waals surface area contributed by atoms with Crippen LogP contribution in [0.15, 0.2) is 48.4 Å². The lowest BCUT2D eigenvalue weighted by Gasteiger charge is -2.41. The first-order chi connectivity index (χ1) is 15.2. The van der Waals surface area contributed by atoms with Crippen LogP contribution < -0.4 is 10.6 Å². The summed E-state index contributed by atoms with van der Waals surface area (Å²) in [5.41, 5.74) is 5.05. The van der Waals surface area contributed by atoms with Crippen LogP contribution in [-0.2, 0) is 5.54 Å². The molecule has 0 unspecified atom stereocenters. The molecule has 0 atom stereocenters. The van der Waals surface area contributed by atoms with E-state index < -0.39 is 0 Å². The Bertz CT molecular complexity index is 1450. The maximum atomic E-state index is 9.24. The van der Waals surface area contributed by atoms with Gasteiger partial charge < -0.3 is 15.6 Å². The maximum Gasteiger partial charge on any atom is 0.228 e. The summed E-state index contributed by atoms with van der Waals surface area (Å²) in [6.07, 6.45) is 5.90. The van der Waals surface area contributed by atoms with E-state index in [2.05, 4.69) is 36.8 Å². The van der Waals surface area contributed by atoms with Gasteiger partial charge in [0.15, 0.2) is 0 Å². The molecule has 0 radical (unpaired) electrons. The van der Waals surface area contributed by atoms with Crippen molar-refractivity contribution < 1.29 is 0 Å². The van der Waals surface area contributed by atoms with Crippen LogP contribution in [-0.4, -0.2) is 42.8 Å². The van der Waals surface area contributed by atoms with Crippen LogP contribution in [0.4, 0.5) is 11.6 Å². The Kier molecular flexibility index (Phi) is 3.99. The number of aromatic amines is 1. The molecule has 0 spiro atoms. The Morgan fingerprint density at radius 2 is 2.16 bits per heavy atom. The van der Waals surface area contributed by atoms with Gasteiger partial charge in [-0.05, 0) is 29.6 Å². The standard InChI is InChI=1S/C21H17N9S/c22-5-4-21(10-23-11-21)30-9-13(8-26-30)18-19-16(3-6-31-19)28-20(29-18)27-14-1-2-15-17(7-14)25-12-24-15/h1-3,6-9,12,23H,4,10-11H2,(H,24,25)(H,27,28,29). The quantitative estimate of drug-likeness (QED) is 0.393. The molecule has 1 aromatic carbocycles. The van der Waals surface area contributed by atoms with Crippen molar-refractivity contribution in [2.45, 2.75) is 12.0 Å². The fraction of sp³-hybridized carbons (Fsp3) is 0.190. The number of benzene rings is 1. The monoisotopic (exact) mass is 427 g/mol. The molecule has 4 aromatic heterocycles. The number of imidazole rings is 1. The lowest BCUT2D eigenvalue weighted by Crippen LogP contribution is -2.60. The Morgan fingerprint density at radius 3 is 3.00 bits per heavy atom. The molecule has 31 heavy (non-hydrogen) atoms. The number of rotatable bonds is 5. The van der Waals surface area contributed by atoms with Gasteiger partial charge in [-0.1, -0.05) is 0 Å². The lowest BCUT2D eigenvalue weighted by molar-refractivity contribution is 0.160. The molecule has 9 nitrogen and oxygen atoms in total. The van der Waals surface area contributed by atoms with Crippen LogP contribution in [0.3, 0.4) is 0 Å². The van der Waals surface area contributed by atoms with Crippen LogP contribution in [0.1, 0.15) is 6.42 Å². The highest BCUT2D eigenvalue weighted by Crippen LogP contribution is 2.34. The van der Waals surface area contributed by atoms with Gasteiger partial charge in [-0.25, -0.2) is 15.0 Å². The molecule has 5 aromatic rings. The second-order valence-corrected chi connectivity index (χ2v) is 8.54. The van der Waals surface area contributed by atoms with Gasteiger partial charge in [0.25, 0.3) is 0 Å². The molecule has 3 N–H and O–H groups in total. The molecule has 0 amide bonds. The van der Waals surface area contributed by atoms with Crippen molar-refractivity contribution in [3.05, 3.63) is 48.4 Å². The summed E-state index contributed by atoms with van der Waals surface area (Å²) in [4.78, 5) is 16.9. The smallest absolute Gasteiger partial charge is 0.228 e. The van der Waals surface area contributed by atoms with Crippen molar-refractivity contribution in [2.24, 2.45) is 0 Å². The molecule has 6 rings (SSSR count). The number of nitrogens with one attached hydrogen (secondary N) is 3. The number of aromatic nitrogens is 6. The summed E-state index contributed by atoms with van der Waals surface area (Å²) in [6.45, 7) is 1.48. The highest BCUT2D eigenvalue weighted by atomic mass is 32.1. The van der Waals surface area contributed by atoms with Crippen molar-refractivity contribution in [3.63, 3.8) is 0 Å². The van der Waals surface area contributed by atoms with E-state index in [1.807, 2.05) is 46.7 Å². The summed E-state index contributed by atoms with van der Waals surface area (Å²) in [5, 5.41) is 22.4. The zero-order chi connectivity index (χ0) is 20.8. The third-order valence-electron chi connectivity index (χ3n) is 5.64. The molecule has 1 saturated heterocycles. The SMILES string of the molecule is N#CCC1(n2cc(-c3nc(Nc4ccc5[nH]cnc5c4)nc4ccsc34)cn2)CNC1. The van der Waals surface area contributed by atoms with Gasteiger partial charge in [0.05, 0.1) is 52.0 Å². The van der Waals surface area contributed by atoms with Gasteiger partial charge >= 0.3 is 0 Å². The third kappa shape index (κ3) is 2.94. The first-order valence-electron chi connectivity index (χ1n) is 9.83. The Morgan fingerprint density at radius 1 is 1.23 bits per heavy atom. The van der Waals surface area contributed by atoms with E-state index in [9.17, 15) is 5.26 Å². The second-order valence-electron chi connectivity index (χ2n) is 7.63. The number of nitrogens with zero attached hydrogens (tertiary/aromatic N) is 6. The minimum absolute atomic E-state index is 0.283. The Hall–Kier alpha value is -3.81. The number of thiophene rings is 1. The molecule has 5 heterocycles. The van der Waals surface area contributed by atoms with E-state index in [1.54, 1.807) is 17.7 Å². The molecule has 0 aliphatic carbocycles. The van der Waals surface area contributed by atoms with Crippen LogP contribution in [0, 0.1) is 11.3 Å². The van der Waals surface area contributed by atoms with E-state index in [-0.39, 0.29) is 5.54 Å². The number of hydrogen-bond acceptors (Lipinski definition) is 8. The van der Waals surface area contributed by atoms with Gasteiger partial charge in [-0.15, -0.1) is 11.3 Å². The highest BCUT2D eigenvalue weighted by molar-refractivity contribution is 7.17. The van der Waals surface area contributed by atoms with Crippen LogP contribution in [0.25, 0.3) is 32.5 Å². The predicted molar refractivity (Wildman–Crippen MR) is 119 cm³/mol. The Balaban J connectivity index is 1.39. The Labute approximate surface area is 180 Å². The average molecular weight is 427 g/mol. The fourth-order valence-electron chi connectivity index (χ4n) is 3.89. The number of fused-ring (bicyclic) bond motifs is 2. The molecule has 0 bridgehead atoms. The van der Waals surface area contributed by atoms with Gasteiger partial charge in [-0.2, -0.15) is 10.4 Å². The molecule has 1 fully saturated rings. The summed E-state index contributed by atoms with van der Waals surface area (Å²) in [5.74, 6) is 0.514. The summed E-state index contributed by atoms with van der Waals surface area (Å²) < 4.78 is 2.91. The lowest BCUT2D eigenvalue weighted by atomic mass is 9.89. The molecular weight excluding hydrogens is 410 g/mol. The minimum atomic E-state index is -0.283. The van der Waals surface area contributed by atoms with Crippen molar-refractivity contribution in [2.75, 3.05) is 18.4 Å². The fourth-order valence-corrected chi connectivity index (χ4v) is 4.73.